The van der Waals surface area contributed by atoms with Crippen LogP contribution in [0.5, 0.6) is 0 Å². The second kappa shape index (κ2) is 6.40. The second-order valence-electron chi connectivity index (χ2n) is 5.99. The van der Waals surface area contributed by atoms with Crippen molar-refractivity contribution in [3.05, 3.63) is 11.1 Å². The van der Waals surface area contributed by atoms with Crippen molar-refractivity contribution in [2.45, 2.75) is 58.0 Å². The molecular weight excluding hydrogens is 244 g/mol. The molecule has 18 heavy (non-hydrogen) atoms. The fraction of sp³-hybridized carbons (Fsp3) is 0.867. The third-order valence-corrected chi connectivity index (χ3v) is 4.99. The minimum atomic E-state index is 0.255. The van der Waals surface area contributed by atoms with Gasteiger partial charge in [-0.3, -0.25) is 9.80 Å². The van der Waals surface area contributed by atoms with Gasteiger partial charge in [-0.15, -0.1) is 11.6 Å². The van der Waals surface area contributed by atoms with E-state index in [9.17, 15) is 0 Å². The molecule has 2 saturated heterocycles. The topological polar surface area (TPSA) is 6.48 Å². The standard InChI is InChI=1S/C15H27ClN2/c1-12(2)14(11-18-10-6-7-15(18)16)13(3)17-8-4-5-9-17/h13,15H,4-11H2,1-3H3. The summed E-state index contributed by atoms with van der Waals surface area (Å²) in [5.74, 6) is 0. The van der Waals surface area contributed by atoms with E-state index in [1.54, 1.807) is 5.57 Å². The first-order chi connectivity index (χ1) is 8.59. The van der Waals surface area contributed by atoms with Crippen molar-refractivity contribution in [2.75, 3.05) is 26.2 Å². The summed E-state index contributed by atoms with van der Waals surface area (Å²) in [7, 11) is 0. The van der Waals surface area contributed by atoms with E-state index in [1.165, 1.54) is 37.9 Å². The monoisotopic (exact) mass is 270 g/mol. The molecule has 2 nitrogen and oxygen atoms in total. The van der Waals surface area contributed by atoms with Crippen LogP contribution in [0.2, 0.25) is 0 Å². The van der Waals surface area contributed by atoms with E-state index in [1.807, 2.05) is 0 Å². The van der Waals surface area contributed by atoms with Gasteiger partial charge in [0, 0.05) is 12.6 Å². The molecule has 2 fully saturated rings. The molecule has 0 aliphatic carbocycles. The highest BCUT2D eigenvalue weighted by Crippen LogP contribution is 2.26. The molecule has 3 heteroatoms. The number of likely N-dealkylation sites (tertiary alicyclic amines) is 2. The minimum Gasteiger partial charge on any atom is -0.297 e. The van der Waals surface area contributed by atoms with E-state index in [0.717, 1.165) is 19.5 Å². The Balaban J connectivity index is 2.01. The Morgan fingerprint density at radius 1 is 1.17 bits per heavy atom. The normalized spacial score (nSPS) is 27.7. The van der Waals surface area contributed by atoms with Gasteiger partial charge < -0.3 is 0 Å². The van der Waals surface area contributed by atoms with Crippen molar-refractivity contribution in [2.24, 2.45) is 0 Å². The van der Waals surface area contributed by atoms with E-state index >= 15 is 0 Å². The number of nitrogens with zero attached hydrogens (tertiary/aromatic N) is 2. The van der Waals surface area contributed by atoms with Crippen LogP contribution < -0.4 is 0 Å². The van der Waals surface area contributed by atoms with Gasteiger partial charge in [0.15, 0.2) is 0 Å². The van der Waals surface area contributed by atoms with Crippen molar-refractivity contribution in [3.63, 3.8) is 0 Å². The van der Waals surface area contributed by atoms with Gasteiger partial charge in [-0.1, -0.05) is 5.57 Å². The van der Waals surface area contributed by atoms with Gasteiger partial charge in [0.05, 0.1) is 5.50 Å². The molecule has 0 aromatic rings. The summed E-state index contributed by atoms with van der Waals surface area (Å²) in [5.41, 5.74) is 3.32. The largest absolute Gasteiger partial charge is 0.297 e. The Morgan fingerprint density at radius 2 is 1.83 bits per heavy atom. The average molecular weight is 271 g/mol. The molecule has 0 saturated carbocycles. The lowest BCUT2D eigenvalue weighted by Gasteiger charge is -2.31. The van der Waals surface area contributed by atoms with Crippen LogP contribution >= 0.6 is 11.6 Å². The molecule has 2 aliphatic heterocycles. The summed E-state index contributed by atoms with van der Waals surface area (Å²) < 4.78 is 0. The van der Waals surface area contributed by atoms with Gasteiger partial charge in [-0.2, -0.15) is 0 Å². The highest BCUT2D eigenvalue weighted by molar-refractivity contribution is 6.20. The number of rotatable bonds is 4. The zero-order valence-electron chi connectivity index (χ0n) is 12.1. The van der Waals surface area contributed by atoms with Crippen molar-refractivity contribution >= 4 is 11.6 Å². The van der Waals surface area contributed by atoms with Crippen LogP contribution in [0.1, 0.15) is 46.5 Å². The van der Waals surface area contributed by atoms with Crippen molar-refractivity contribution in [1.29, 1.82) is 0 Å². The third-order valence-electron chi connectivity index (χ3n) is 4.49. The summed E-state index contributed by atoms with van der Waals surface area (Å²) in [6.45, 7) is 11.6. The zero-order chi connectivity index (χ0) is 13.1. The number of hydrogen-bond acceptors (Lipinski definition) is 2. The molecule has 2 atom stereocenters. The molecule has 2 unspecified atom stereocenters. The molecule has 2 rings (SSSR count). The number of allylic oxidation sites excluding steroid dienone is 1. The first-order valence-electron chi connectivity index (χ1n) is 7.38. The molecular formula is C15H27ClN2. The summed E-state index contributed by atoms with van der Waals surface area (Å²) in [5, 5.41) is 0. The van der Waals surface area contributed by atoms with Crippen molar-refractivity contribution in [1.82, 2.24) is 9.80 Å². The van der Waals surface area contributed by atoms with Crippen LogP contribution in [0, 0.1) is 0 Å². The van der Waals surface area contributed by atoms with E-state index < -0.39 is 0 Å². The fourth-order valence-corrected chi connectivity index (χ4v) is 3.56. The Kier molecular flexibility index (Phi) is 5.11. The van der Waals surface area contributed by atoms with Crippen LogP contribution in [0.4, 0.5) is 0 Å². The fourth-order valence-electron chi connectivity index (χ4n) is 3.24. The zero-order valence-corrected chi connectivity index (χ0v) is 12.8. The molecule has 0 amide bonds. The predicted octanol–water partition coefficient (Wildman–Crippen LogP) is 3.47. The number of alkyl halides is 1. The lowest BCUT2D eigenvalue weighted by molar-refractivity contribution is 0.260. The lowest BCUT2D eigenvalue weighted by atomic mass is 10.0. The van der Waals surface area contributed by atoms with Crippen LogP contribution in [-0.4, -0.2) is 47.5 Å². The highest BCUT2D eigenvalue weighted by Gasteiger charge is 2.27. The molecule has 104 valence electrons. The molecule has 2 aliphatic rings. The number of halogens is 1. The first kappa shape index (κ1) is 14.4. The van der Waals surface area contributed by atoms with Gasteiger partial charge in [-0.05, 0) is 71.7 Å². The summed E-state index contributed by atoms with van der Waals surface area (Å²) in [6, 6.07) is 0.585. The van der Waals surface area contributed by atoms with Gasteiger partial charge in [0.25, 0.3) is 0 Å². The maximum absolute atomic E-state index is 6.38. The van der Waals surface area contributed by atoms with E-state index in [4.69, 9.17) is 11.6 Å². The summed E-state index contributed by atoms with van der Waals surface area (Å²) in [4.78, 5) is 5.07. The average Bonchev–Trinajstić information content (AvgIpc) is 2.96. The predicted molar refractivity (Wildman–Crippen MR) is 79.1 cm³/mol. The smallest absolute Gasteiger partial charge is 0.0853 e. The van der Waals surface area contributed by atoms with Gasteiger partial charge >= 0.3 is 0 Å². The van der Waals surface area contributed by atoms with Crippen LogP contribution in [0.25, 0.3) is 0 Å². The van der Waals surface area contributed by atoms with Crippen molar-refractivity contribution in [3.8, 4) is 0 Å². The first-order valence-corrected chi connectivity index (χ1v) is 7.81. The molecule has 2 heterocycles. The van der Waals surface area contributed by atoms with Crippen LogP contribution in [0.3, 0.4) is 0 Å². The molecule has 0 aromatic carbocycles. The summed E-state index contributed by atoms with van der Waals surface area (Å²) >= 11 is 6.38. The quantitative estimate of drug-likeness (QED) is 0.439. The third kappa shape index (κ3) is 3.28. The molecule has 0 spiro atoms. The van der Waals surface area contributed by atoms with Crippen LogP contribution in [0.15, 0.2) is 11.1 Å². The van der Waals surface area contributed by atoms with Gasteiger partial charge in [0.1, 0.15) is 0 Å². The van der Waals surface area contributed by atoms with Crippen LogP contribution in [-0.2, 0) is 0 Å². The van der Waals surface area contributed by atoms with E-state index in [0.29, 0.717) is 6.04 Å². The molecule has 0 bridgehead atoms. The lowest BCUT2D eigenvalue weighted by Crippen LogP contribution is -2.38. The Hall–Kier alpha value is -0.0500. The van der Waals surface area contributed by atoms with E-state index in [2.05, 4.69) is 30.6 Å². The Morgan fingerprint density at radius 3 is 2.33 bits per heavy atom. The molecule has 0 radical (unpaired) electrons. The van der Waals surface area contributed by atoms with Gasteiger partial charge in [-0.25, -0.2) is 0 Å². The van der Waals surface area contributed by atoms with E-state index in [-0.39, 0.29) is 5.50 Å². The minimum absolute atomic E-state index is 0.255. The number of hydrogen-bond donors (Lipinski definition) is 0. The Bertz CT molecular complexity index is 304. The summed E-state index contributed by atoms with van der Waals surface area (Å²) in [6.07, 6.45) is 5.13. The molecule has 0 aromatic heterocycles. The highest BCUT2D eigenvalue weighted by atomic mass is 35.5. The maximum Gasteiger partial charge on any atom is 0.0853 e. The van der Waals surface area contributed by atoms with Crippen molar-refractivity contribution < 1.29 is 0 Å². The second-order valence-corrected chi connectivity index (χ2v) is 6.50. The SMILES string of the molecule is CC(C)=C(CN1CCCC1Cl)C(C)N1CCCC1. The maximum atomic E-state index is 6.38. The molecule has 0 N–H and O–H groups in total. The van der Waals surface area contributed by atoms with Gasteiger partial charge in [0.2, 0.25) is 0 Å². The Labute approximate surface area is 117 Å².